The molecule has 144 valence electrons. The number of nitrogens with zero attached hydrogens (tertiary/aromatic N) is 5. The average molecular weight is 376 g/mol. The zero-order chi connectivity index (χ0) is 19.8. The van der Waals surface area contributed by atoms with E-state index in [1.807, 2.05) is 26.0 Å². The van der Waals surface area contributed by atoms with Crippen molar-refractivity contribution in [2.24, 2.45) is 0 Å². The highest BCUT2D eigenvalue weighted by Crippen LogP contribution is 2.28. The first-order valence-electron chi connectivity index (χ1n) is 9.57. The van der Waals surface area contributed by atoms with Crippen molar-refractivity contribution >= 4 is 11.3 Å². The van der Waals surface area contributed by atoms with Gasteiger partial charge < -0.3 is 9.80 Å². The number of fused-ring (bicyclic) bond motifs is 1. The number of H-pyrrole nitrogens is 1. The normalized spacial score (nSPS) is 15.3. The molecule has 3 heterocycles. The quantitative estimate of drug-likeness (QED) is 0.759. The van der Waals surface area contributed by atoms with Crippen molar-refractivity contribution in [1.82, 2.24) is 19.5 Å². The highest BCUT2D eigenvalue weighted by Gasteiger charge is 2.20. The lowest BCUT2D eigenvalue weighted by Crippen LogP contribution is -2.44. The van der Waals surface area contributed by atoms with Crippen molar-refractivity contribution in [1.29, 1.82) is 5.26 Å². The van der Waals surface area contributed by atoms with E-state index in [4.69, 9.17) is 4.98 Å². The Labute approximate surface area is 163 Å². The Hall–Kier alpha value is -3.11. The Morgan fingerprint density at radius 3 is 2.43 bits per heavy atom. The van der Waals surface area contributed by atoms with E-state index in [-0.39, 0.29) is 11.5 Å². The minimum atomic E-state index is -0.153. The summed E-state index contributed by atoms with van der Waals surface area (Å²) in [4.78, 5) is 22.4. The van der Waals surface area contributed by atoms with Gasteiger partial charge in [-0.25, -0.2) is 9.50 Å². The molecule has 0 amide bonds. The third-order valence-electron chi connectivity index (χ3n) is 5.40. The molecule has 0 saturated carbocycles. The van der Waals surface area contributed by atoms with Crippen LogP contribution in [0.1, 0.15) is 30.9 Å². The first-order chi connectivity index (χ1) is 13.5. The average Bonchev–Trinajstić information content (AvgIpc) is 3.12. The van der Waals surface area contributed by atoms with Crippen molar-refractivity contribution in [3.05, 3.63) is 51.9 Å². The number of anilines is 1. The van der Waals surface area contributed by atoms with Crippen molar-refractivity contribution in [2.75, 3.05) is 38.1 Å². The number of nitriles is 1. The SMILES string of the molecule is CC(C)c1c(-c2ccc(N3CCN(C)CC3)cc2)nc2c(C#N)c[nH]n2c1=O. The van der Waals surface area contributed by atoms with Crippen molar-refractivity contribution < 1.29 is 0 Å². The van der Waals surface area contributed by atoms with Gasteiger partial charge in [-0.2, -0.15) is 5.26 Å². The zero-order valence-corrected chi connectivity index (χ0v) is 16.4. The molecule has 1 aliphatic heterocycles. The number of aromatic nitrogens is 3. The third-order valence-corrected chi connectivity index (χ3v) is 5.40. The van der Waals surface area contributed by atoms with Crippen LogP contribution in [-0.2, 0) is 0 Å². The van der Waals surface area contributed by atoms with Gasteiger partial charge in [0, 0.05) is 49.2 Å². The lowest BCUT2D eigenvalue weighted by molar-refractivity contribution is 0.313. The first-order valence-corrected chi connectivity index (χ1v) is 9.57. The maximum Gasteiger partial charge on any atom is 0.276 e. The molecule has 4 rings (SSSR count). The number of likely N-dealkylation sites (N-methyl/N-ethyl adjacent to an activating group) is 1. The van der Waals surface area contributed by atoms with Gasteiger partial charge in [0.05, 0.1) is 5.69 Å². The number of hydrogen-bond acceptors (Lipinski definition) is 5. The van der Waals surface area contributed by atoms with E-state index in [2.05, 4.69) is 40.1 Å². The summed E-state index contributed by atoms with van der Waals surface area (Å²) in [7, 11) is 2.14. The van der Waals surface area contributed by atoms with Crippen molar-refractivity contribution in [3.63, 3.8) is 0 Å². The van der Waals surface area contributed by atoms with Crippen LogP contribution in [0.5, 0.6) is 0 Å². The van der Waals surface area contributed by atoms with E-state index in [1.165, 1.54) is 16.4 Å². The molecule has 0 atom stereocenters. The standard InChI is InChI=1S/C21H24N6O/c1-14(2)18-19(24-20-16(12-22)13-23-27(20)21(18)28)15-4-6-17(7-5-15)26-10-8-25(3)9-11-26/h4-7,13-14,23H,8-11H2,1-3H3. The van der Waals surface area contributed by atoms with Crippen molar-refractivity contribution in [3.8, 4) is 17.3 Å². The Balaban J connectivity index is 1.79. The van der Waals surface area contributed by atoms with E-state index in [0.29, 0.717) is 22.5 Å². The van der Waals surface area contributed by atoms with Gasteiger partial charge in [-0.3, -0.25) is 9.89 Å². The smallest absolute Gasteiger partial charge is 0.276 e. The number of rotatable bonds is 3. The lowest BCUT2D eigenvalue weighted by Gasteiger charge is -2.34. The lowest BCUT2D eigenvalue weighted by atomic mass is 9.98. The first kappa shape index (κ1) is 18.3. The minimum Gasteiger partial charge on any atom is -0.369 e. The summed E-state index contributed by atoms with van der Waals surface area (Å²) < 4.78 is 1.36. The summed E-state index contributed by atoms with van der Waals surface area (Å²) in [6.07, 6.45) is 1.52. The maximum absolute atomic E-state index is 13.0. The second-order valence-corrected chi connectivity index (χ2v) is 7.63. The maximum atomic E-state index is 13.0. The molecule has 1 N–H and O–H groups in total. The molecule has 0 unspecified atom stereocenters. The van der Waals surface area contributed by atoms with Gasteiger partial charge in [-0.05, 0) is 25.1 Å². The van der Waals surface area contributed by atoms with Gasteiger partial charge in [-0.1, -0.05) is 26.0 Å². The highest BCUT2D eigenvalue weighted by molar-refractivity contribution is 5.70. The van der Waals surface area contributed by atoms with Crippen LogP contribution in [0.4, 0.5) is 5.69 Å². The van der Waals surface area contributed by atoms with Gasteiger partial charge in [0.2, 0.25) is 0 Å². The second-order valence-electron chi connectivity index (χ2n) is 7.63. The van der Waals surface area contributed by atoms with Gasteiger partial charge in [0.1, 0.15) is 11.6 Å². The summed E-state index contributed by atoms with van der Waals surface area (Å²) >= 11 is 0. The Morgan fingerprint density at radius 2 is 1.82 bits per heavy atom. The number of benzene rings is 1. The predicted octanol–water partition coefficient (Wildman–Crippen LogP) is 2.44. The van der Waals surface area contributed by atoms with Crippen LogP contribution in [0.15, 0.2) is 35.3 Å². The molecule has 3 aromatic rings. The van der Waals surface area contributed by atoms with Crippen molar-refractivity contribution in [2.45, 2.75) is 19.8 Å². The van der Waals surface area contributed by atoms with E-state index < -0.39 is 0 Å². The summed E-state index contributed by atoms with van der Waals surface area (Å²) in [6, 6.07) is 10.3. The Kier molecular flexibility index (Phi) is 4.65. The van der Waals surface area contributed by atoms with Crippen LogP contribution in [0.25, 0.3) is 16.9 Å². The number of piperazine rings is 1. The molecule has 0 radical (unpaired) electrons. The van der Waals surface area contributed by atoms with Gasteiger partial charge in [0.15, 0.2) is 5.65 Å². The molecule has 7 nitrogen and oxygen atoms in total. The third kappa shape index (κ3) is 3.06. The fraction of sp³-hybridized carbons (Fsp3) is 0.381. The largest absolute Gasteiger partial charge is 0.369 e. The molecule has 7 heteroatoms. The molecular formula is C21H24N6O. The topological polar surface area (TPSA) is 80.4 Å². The number of hydrogen-bond donors (Lipinski definition) is 1. The number of aromatic amines is 1. The van der Waals surface area contributed by atoms with Gasteiger partial charge in [0.25, 0.3) is 5.56 Å². The van der Waals surface area contributed by atoms with Crippen LogP contribution in [-0.4, -0.2) is 52.7 Å². The van der Waals surface area contributed by atoms with Crippen LogP contribution in [0, 0.1) is 11.3 Å². The molecule has 0 bridgehead atoms. The van der Waals surface area contributed by atoms with Gasteiger partial charge >= 0.3 is 0 Å². The summed E-state index contributed by atoms with van der Waals surface area (Å²) in [5.74, 6) is 0.0121. The van der Waals surface area contributed by atoms with Crippen LogP contribution in [0.3, 0.4) is 0 Å². The molecule has 1 fully saturated rings. The molecule has 0 aliphatic carbocycles. The molecule has 1 saturated heterocycles. The van der Waals surface area contributed by atoms with E-state index in [0.717, 1.165) is 31.7 Å². The molecule has 28 heavy (non-hydrogen) atoms. The van der Waals surface area contributed by atoms with E-state index in [9.17, 15) is 10.1 Å². The van der Waals surface area contributed by atoms with E-state index >= 15 is 0 Å². The fourth-order valence-electron chi connectivity index (χ4n) is 3.75. The molecule has 1 aliphatic rings. The fourth-order valence-corrected chi connectivity index (χ4v) is 3.75. The zero-order valence-electron chi connectivity index (χ0n) is 16.4. The summed E-state index contributed by atoms with van der Waals surface area (Å²) in [5.41, 5.74) is 3.96. The molecule has 1 aromatic carbocycles. The van der Waals surface area contributed by atoms with Crippen LogP contribution in [0.2, 0.25) is 0 Å². The molecular weight excluding hydrogens is 352 g/mol. The minimum absolute atomic E-state index is 0.0121. The monoisotopic (exact) mass is 376 g/mol. The van der Waals surface area contributed by atoms with E-state index in [1.54, 1.807) is 0 Å². The predicted molar refractivity (Wildman–Crippen MR) is 110 cm³/mol. The Bertz CT molecular complexity index is 1090. The summed E-state index contributed by atoms with van der Waals surface area (Å²) in [6.45, 7) is 8.10. The van der Waals surface area contributed by atoms with Crippen LogP contribution >= 0.6 is 0 Å². The number of nitrogens with one attached hydrogen (secondary N) is 1. The Morgan fingerprint density at radius 1 is 1.14 bits per heavy atom. The van der Waals surface area contributed by atoms with Gasteiger partial charge in [-0.15, -0.1) is 0 Å². The molecule has 2 aromatic heterocycles. The summed E-state index contributed by atoms with van der Waals surface area (Å²) in [5, 5.41) is 12.2. The van der Waals surface area contributed by atoms with Crippen LogP contribution < -0.4 is 10.5 Å². The second kappa shape index (κ2) is 7.13. The molecule has 0 spiro atoms. The highest BCUT2D eigenvalue weighted by atomic mass is 16.1.